The quantitative estimate of drug-likeness (QED) is 0.719. The molecule has 114 valence electrons. The molecular weight excluding hydrogens is 340 g/mol. The summed E-state index contributed by atoms with van der Waals surface area (Å²) in [6, 6.07) is 5.40. The van der Waals surface area contributed by atoms with E-state index in [2.05, 4.69) is 15.3 Å². The van der Waals surface area contributed by atoms with Crippen LogP contribution in [0.1, 0.15) is 5.69 Å². The van der Waals surface area contributed by atoms with E-state index in [1.807, 2.05) is 18.4 Å². The number of methoxy groups -OCH3 is 1. The molecule has 3 N–H and O–H groups in total. The highest BCUT2D eigenvalue weighted by atomic mass is 35.5. The lowest BCUT2D eigenvalue weighted by Gasteiger charge is -2.09. The van der Waals surface area contributed by atoms with Gasteiger partial charge in [0.2, 0.25) is 0 Å². The molecule has 0 radical (unpaired) electrons. The number of hydrogen-bond donors (Lipinski definition) is 2. The Morgan fingerprint density at radius 2 is 2.14 bits per heavy atom. The molecule has 0 saturated heterocycles. The average molecular weight is 353 g/mol. The van der Waals surface area contributed by atoms with Crippen LogP contribution in [0.3, 0.4) is 0 Å². The minimum atomic E-state index is 0.548. The predicted molar refractivity (Wildman–Crippen MR) is 93.7 cm³/mol. The number of hydrogen-bond acceptors (Lipinski definition) is 7. The number of anilines is 3. The molecule has 0 fully saturated rings. The Morgan fingerprint density at radius 3 is 2.82 bits per heavy atom. The predicted octanol–water partition coefficient (Wildman–Crippen LogP) is 4.56. The number of nitrogens with zero attached hydrogens (tertiary/aromatic N) is 2. The molecule has 0 atom stereocenters. The number of ether oxygens (including phenoxy) is 1. The van der Waals surface area contributed by atoms with Crippen molar-refractivity contribution in [3.63, 3.8) is 0 Å². The van der Waals surface area contributed by atoms with E-state index in [1.54, 1.807) is 19.2 Å². The molecular formula is C14H13ClN4OS2. The highest BCUT2D eigenvalue weighted by Gasteiger charge is 2.13. The molecule has 3 aromatic rings. The zero-order valence-corrected chi connectivity index (χ0v) is 14.3. The van der Waals surface area contributed by atoms with Crippen molar-refractivity contribution in [3.05, 3.63) is 34.3 Å². The number of aryl methyl sites for hydroxylation is 1. The van der Waals surface area contributed by atoms with Gasteiger partial charge in [0.05, 0.1) is 29.1 Å². The molecule has 0 aliphatic rings. The molecule has 2 aromatic heterocycles. The molecule has 1 aromatic carbocycles. The lowest BCUT2D eigenvalue weighted by atomic mass is 10.3. The fourth-order valence-corrected chi connectivity index (χ4v) is 3.74. The fourth-order valence-electron chi connectivity index (χ4n) is 1.98. The Labute approximate surface area is 140 Å². The lowest BCUT2D eigenvalue weighted by Crippen LogP contribution is -1.94. The van der Waals surface area contributed by atoms with Gasteiger partial charge < -0.3 is 15.8 Å². The normalized spacial score (nSPS) is 10.7. The van der Waals surface area contributed by atoms with Crippen LogP contribution < -0.4 is 15.8 Å². The summed E-state index contributed by atoms with van der Waals surface area (Å²) in [7, 11) is 1.62. The van der Waals surface area contributed by atoms with Gasteiger partial charge in [-0.25, -0.2) is 9.97 Å². The average Bonchev–Trinajstić information content (AvgIpc) is 3.05. The largest absolute Gasteiger partial charge is 0.495 e. The minimum Gasteiger partial charge on any atom is -0.495 e. The second-order valence-electron chi connectivity index (χ2n) is 4.47. The van der Waals surface area contributed by atoms with Crippen molar-refractivity contribution in [2.45, 2.75) is 6.92 Å². The van der Waals surface area contributed by atoms with Gasteiger partial charge in [-0.2, -0.15) is 0 Å². The first-order chi connectivity index (χ1) is 10.6. The van der Waals surface area contributed by atoms with Gasteiger partial charge in [-0.3, -0.25) is 0 Å². The Hall–Kier alpha value is -1.83. The number of nitrogens with two attached hydrogens (primary N) is 1. The van der Waals surface area contributed by atoms with Crippen LogP contribution in [0.4, 0.5) is 16.0 Å². The third-order valence-electron chi connectivity index (χ3n) is 2.95. The van der Waals surface area contributed by atoms with E-state index in [0.717, 1.165) is 27.1 Å². The van der Waals surface area contributed by atoms with E-state index in [4.69, 9.17) is 22.1 Å². The number of halogens is 1. The summed E-state index contributed by atoms with van der Waals surface area (Å²) < 4.78 is 5.32. The summed E-state index contributed by atoms with van der Waals surface area (Å²) in [5.74, 6) is 0.708. The van der Waals surface area contributed by atoms with Crippen LogP contribution >= 0.6 is 34.3 Å². The molecule has 8 heteroatoms. The molecule has 2 heterocycles. The van der Waals surface area contributed by atoms with Crippen molar-refractivity contribution in [2.24, 2.45) is 0 Å². The summed E-state index contributed by atoms with van der Waals surface area (Å²) >= 11 is 8.97. The van der Waals surface area contributed by atoms with Crippen LogP contribution in [-0.4, -0.2) is 17.1 Å². The zero-order valence-electron chi connectivity index (χ0n) is 11.9. The first kappa shape index (κ1) is 15.1. The van der Waals surface area contributed by atoms with Crippen LogP contribution in [0, 0.1) is 6.92 Å². The van der Waals surface area contributed by atoms with Gasteiger partial charge in [-0.15, -0.1) is 11.3 Å². The molecule has 3 rings (SSSR count). The maximum Gasteiger partial charge on any atom is 0.187 e. The van der Waals surface area contributed by atoms with Crippen molar-refractivity contribution >= 4 is 50.2 Å². The van der Waals surface area contributed by atoms with Crippen LogP contribution in [-0.2, 0) is 0 Å². The van der Waals surface area contributed by atoms with Crippen LogP contribution in [0.25, 0.3) is 10.6 Å². The molecule has 0 aliphatic heterocycles. The van der Waals surface area contributed by atoms with E-state index in [9.17, 15) is 0 Å². The van der Waals surface area contributed by atoms with E-state index in [1.165, 1.54) is 22.7 Å². The van der Waals surface area contributed by atoms with Gasteiger partial charge in [0.15, 0.2) is 10.3 Å². The van der Waals surface area contributed by atoms with Gasteiger partial charge in [-0.1, -0.05) is 22.9 Å². The van der Waals surface area contributed by atoms with E-state index < -0.39 is 0 Å². The second-order valence-corrected chi connectivity index (χ2v) is 6.80. The van der Waals surface area contributed by atoms with Crippen molar-refractivity contribution in [1.29, 1.82) is 0 Å². The third kappa shape index (κ3) is 3.01. The third-order valence-corrected chi connectivity index (χ3v) is 4.96. The van der Waals surface area contributed by atoms with Crippen molar-refractivity contribution in [2.75, 3.05) is 18.2 Å². The van der Waals surface area contributed by atoms with Crippen LogP contribution in [0.2, 0.25) is 5.02 Å². The lowest BCUT2D eigenvalue weighted by molar-refractivity contribution is 0.417. The van der Waals surface area contributed by atoms with Crippen molar-refractivity contribution < 1.29 is 4.74 Å². The first-order valence-electron chi connectivity index (χ1n) is 6.36. The molecule has 0 amide bonds. The number of aromatic nitrogens is 2. The molecule has 22 heavy (non-hydrogen) atoms. The van der Waals surface area contributed by atoms with Gasteiger partial charge in [0.1, 0.15) is 5.75 Å². The molecule has 0 spiro atoms. The summed E-state index contributed by atoms with van der Waals surface area (Å²) in [6.07, 6.45) is 0. The number of thiazole rings is 2. The van der Waals surface area contributed by atoms with E-state index in [-0.39, 0.29) is 0 Å². The zero-order chi connectivity index (χ0) is 15.7. The summed E-state index contributed by atoms with van der Waals surface area (Å²) in [4.78, 5) is 9.79. The van der Waals surface area contributed by atoms with Crippen molar-refractivity contribution in [1.82, 2.24) is 9.97 Å². The molecule has 0 saturated carbocycles. The number of nitrogen functional groups attached to an aromatic ring is 1. The fraction of sp³-hybridized carbons (Fsp3) is 0.143. The monoisotopic (exact) mass is 352 g/mol. The van der Waals surface area contributed by atoms with Gasteiger partial charge in [0.25, 0.3) is 0 Å². The maximum atomic E-state index is 6.03. The number of benzene rings is 1. The van der Waals surface area contributed by atoms with Gasteiger partial charge in [0, 0.05) is 10.4 Å². The SMILES string of the molecule is COc1ccc(Cl)cc1Nc1nc(-c2sc(N)nc2C)cs1. The van der Waals surface area contributed by atoms with Gasteiger partial charge >= 0.3 is 0 Å². The Bertz CT molecular complexity index is 815. The number of rotatable bonds is 4. The molecule has 0 aliphatic carbocycles. The van der Waals surface area contributed by atoms with Gasteiger partial charge in [-0.05, 0) is 25.1 Å². The minimum absolute atomic E-state index is 0.548. The molecule has 0 bridgehead atoms. The van der Waals surface area contributed by atoms with Crippen LogP contribution in [0.5, 0.6) is 5.75 Å². The first-order valence-corrected chi connectivity index (χ1v) is 8.43. The Kier molecular flexibility index (Phi) is 4.19. The van der Waals surface area contributed by atoms with E-state index in [0.29, 0.717) is 15.9 Å². The highest BCUT2D eigenvalue weighted by molar-refractivity contribution is 7.19. The highest BCUT2D eigenvalue weighted by Crippen LogP contribution is 2.36. The van der Waals surface area contributed by atoms with Crippen LogP contribution in [0.15, 0.2) is 23.6 Å². The number of nitrogens with one attached hydrogen (secondary N) is 1. The summed E-state index contributed by atoms with van der Waals surface area (Å²) in [6.45, 7) is 1.93. The van der Waals surface area contributed by atoms with E-state index >= 15 is 0 Å². The standard InChI is InChI=1S/C14H13ClN4OS2/c1-7-12(22-13(16)17-7)10-6-21-14(19-10)18-9-5-8(15)3-4-11(9)20-2/h3-6H,1-2H3,(H2,16,17)(H,18,19). The smallest absolute Gasteiger partial charge is 0.187 e. The Morgan fingerprint density at radius 1 is 1.32 bits per heavy atom. The van der Waals surface area contributed by atoms with Crippen molar-refractivity contribution in [3.8, 4) is 16.3 Å². The second kappa shape index (κ2) is 6.12. The molecule has 0 unspecified atom stereocenters. The molecule has 5 nitrogen and oxygen atoms in total. The summed E-state index contributed by atoms with van der Waals surface area (Å²) in [5, 5.41) is 7.13. The topological polar surface area (TPSA) is 73.1 Å². The summed E-state index contributed by atoms with van der Waals surface area (Å²) in [5.41, 5.74) is 8.26. The maximum absolute atomic E-state index is 6.03. The Balaban J connectivity index is 1.89.